The molecule has 0 radical (unpaired) electrons. The maximum atomic E-state index is 13.5. The molecular weight excluding hydrogens is 466 g/mol. The Balaban J connectivity index is 2.06. The largest absolute Gasteiger partial charge is 0.471 e. The van der Waals surface area contributed by atoms with Crippen LogP contribution in [0, 0.1) is 0 Å². The number of nitrogens with two attached hydrogens (primary N) is 1. The standard InChI is InChI=1S/C18H12F6N4O3S/c19-17(20,21)15-13(9-1-5-11(6-2-9)26-16(29)18(22,23)24)14(27-28-15)10-3-7-12(8-4-10)32(25,30)31/h1-8H,(H,26,29)(H,27,28)(H2,25,30,31). The molecule has 32 heavy (non-hydrogen) atoms. The quantitative estimate of drug-likeness (QED) is 0.493. The van der Waals surface area contributed by atoms with Crippen LogP contribution in [0.3, 0.4) is 0 Å². The first-order valence-electron chi connectivity index (χ1n) is 8.45. The van der Waals surface area contributed by atoms with E-state index in [0.717, 1.165) is 36.4 Å². The van der Waals surface area contributed by atoms with E-state index in [9.17, 15) is 39.6 Å². The third-order valence-corrected chi connectivity index (χ3v) is 5.12. The van der Waals surface area contributed by atoms with Crippen molar-refractivity contribution in [1.29, 1.82) is 0 Å². The van der Waals surface area contributed by atoms with Crippen molar-refractivity contribution in [2.45, 2.75) is 17.2 Å². The molecule has 3 aromatic rings. The average Bonchev–Trinajstić information content (AvgIpc) is 3.13. The van der Waals surface area contributed by atoms with Gasteiger partial charge in [0.05, 0.1) is 4.90 Å². The topological polar surface area (TPSA) is 118 Å². The summed E-state index contributed by atoms with van der Waals surface area (Å²) < 4.78 is 100. The maximum Gasteiger partial charge on any atom is 0.471 e. The first-order valence-corrected chi connectivity index (χ1v) is 10.00. The van der Waals surface area contributed by atoms with Gasteiger partial charge in [-0.25, -0.2) is 13.6 Å². The predicted molar refractivity (Wildman–Crippen MR) is 101 cm³/mol. The van der Waals surface area contributed by atoms with Gasteiger partial charge in [-0.1, -0.05) is 24.3 Å². The number of aromatic nitrogens is 2. The molecule has 4 N–H and O–H groups in total. The molecule has 2 aromatic carbocycles. The Morgan fingerprint density at radius 1 is 0.906 bits per heavy atom. The van der Waals surface area contributed by atoms with E-state index in [1.165, 1.54) is 12.1 Å². The van der Waals surface area contributed by atoms with Gasteiger partial charge < -0.3 is 5.32 Å². The monoisotopic (exact) mass is 478 g/mol. The normalized spacial score (nSPS) is 12.6. The molecule has 170 valence electrons. The van der Waals surface area contributed by atoms with E-state index < -0.39 is 39.5 Å². The number of aromatic amines is 1. The number of carbonyl (C=O) groups is 1. The molecule has 14 heteroatoms. The minimum atomic E-state index is -5.14. The third kappa shape index (κ3) is 4.91. The number of primary sulfonamides is 1. The molecule has 1 amide bonds. The molecule has 0 fully saturated rings. The van der Waals surface area contributed by atoms with Crippen LogP contribution in [-0.4, -0.2) is 30.7 Å². The zero-order valence-corrected chi connectivity index (χ0v) is 16.4. The molecule has 1 aromatic heterocycles. The maximum absolute atomic E-state index is 13.5. The van der Waals surface area contributed by atoms with Crippen LogP contribution in [0.15, 0.2) is 53.4 Å². The average molecular weight is 478 g/mol. The van der Waals surface area contributed by atoms with Crippen molar-refractivity contribution >= 4 is 21.6 Å². The van der Waals surface area contributed by atoms with Gasteiger partial charge in [0.2, 0.25) is 10.0 Å². The van der Waals surface area contributed by atoms with Gasteiger partial charge >= 0.3 is 18.3 Å². The summed E-state index contributed by atoms with van der Waals surface area (Å²) in [7, 11) is -4.03. The zero-order chi connectivity index (χ0) is 23.9. The summed E-state index contributed by atoms with van der Waals surface area (Å²) in [5.74, 6) is -2.24. The Morgan fingerprint density at radius 2 is 1.44 bits per heavy atom. The van der Waals surface area contributed by atoms with Crippen LogP contribution in [0.1, 0.15) is 5.69 Å². The summed E-state index contributed by atoms with van der Waals surface area (Å²) in [6.07, 6.45) is -9.99. The molecule has 0 aliphatic carbocycles. The summed E-state index contributed by atoms with van der Waals surface area (Å²) in [5, 5.41) is 12.2. The Bertz CT molecular complexity index is 1250. The number of hydrogen-bond donors (Lipinski definition) is 3. The van der Waals surface area contributed by atoms with Crippen molar-refractivity contribution in [3.05, 3.63) is 54.2 Å². The van der Waals surface area contributed by atoms with Crippen LogP contribution >= 0.6 is 0 Å². The lowest BCUT2D eigenvalue weighted by molar-refractivity contribution is -0.167. The van der Waals surface area contributed by atoms with Crippen molar-refractivity contribution in [2.75, 3.05) is 5.32 Å². The highest BCUT2D eigenvalue weighted by Gasteiger charge is 2.39. The number of halogens is 6. The molecule has 0 atom stereocenters. The highest BCUT2D eigenvalue weighted by atomic mass is 32.2. The highest BCUT2D eigenvalue weighted by molar-refractivity contribution is 7.89. The number of sulfonamides is 1. The van der Waals surface area contributed by atoms with E-state index in [1.54, 1.807) is 5.32 Å². The van der Waals surface area contributed by atoms with Crippen LogP contribution in [0.4, 0.5) is 32.0 Å². The van der Waals surface area contributed by atoms with Crippen molar-refractivity contribution in [3.8, 4) is 22.4 Å². The van der Waals surface area contributed by atoms with E-state index in [2.05, 4.69) is 5.10 Å². The fourth-order valence-corrected chi connectivity index (χ4v) is 3.28. The lowest BCUT2D eigenvalue weighted by atomic mass is 9.98. The molecule has 0 spiro atoms. The van der Waals surface area contributed by atoms with E-state index in [4.69, 9.17) is 5.14 Å². The SMILES string of the molecule is NS(=O)(=O)c1ccc(-c2n[nH]c(C(F)(F)F)c2-c2ccc(NC(=O)C(F)(F)F)cc2)cc1. The Kier molecular flexibility index (Phi) is 5.78. The van der Waals surface area contributed by atoms with E-state index in [-0.39, 0.29) is 27.4 Å². The van der Waals surface area contributed by atoms with Crippen LogP contribution < -0.4 is 10.5 Å². The molecule has 7 nitrogen and oxygen atoms in total. The predicted octanol–water partition coefficient (Wildman–Crippen LogP) is 3.91. The second-order valence-electron chi connectivity index (χ2n) is 6.42. The van der Waals surface area contributed by atoms with Gasteiger partial charge in [-0.05, 0) is 29.8 Å². The molecular formula is C18H12F6N4O3S. The molecule has 1 heterocycles. The van der Waals surface area contributed by atoms with Crippen LogP contribution in [0.25, 0.3) is 22.4 Å². The number of H-pyrrole nitrogens is 1. The summed E-state index contributed by atoms with van der Waals surface area (Å²) in [6, 6.07) is 8.75. The lowest BCUT2D eigenvalue weighted by Crippen LogP contribution is -2.29. The number of anilines is 1. The number of nitrogens with zero attached hydrogens (tertiary/aromatic N) is 1. The number of hydrogen-bond acceptors (Lipinski definition) is 4. The number of benzene rings is 2. The molecule has 0 saturated carbocycles. The van der Waals surface area contributed by atoms with Crippen molar-refractivity contribution in [2.24, 2.45) is 5.14 Å². The van der Waals surface area contributed by atoms with Gasteiger partial charge in [0.25, 0.3) is 0 Å². The second-order valence-corrected chi connectivity index (χ2v) is 7.98. The van der Waals surface area contributed by atoms with Gasteiger partial charge in [-0.2, -0.15) is 31.4 Å². The van der Waals surface area contributed by atoms with Gasteiger partial charge in [-0.15, -0.1) is 0 Å². The van der Waals surface area contributed by atoms with Crippen LogP contribution in [0.2, 0.25) is 0 Å². The highest BCUT2D eigenvalue weighted by Crippen LogP contribution is 2.41. The summed E-state index contributed by atoms with van der Waals surface area (Å²) in [6.45, 7) is 0. The van der Waals surface area contributed by atoms with Crippen LogP contribution in [-0.2, 0) is 21.0 Å². The smallest absolute Gasteiger partial charge is 0.318 e. The second kappa shape index (κ2) is 7.94. The third-order valence-electron chi connectivity index (χ3n) is 4.19. The molecule has 0 unspecified atom stereocenters. The molecule has 0 saturated heterocycles. The van der Waals surface area contributed by atoms with Crippen molar-refractivity contribution < 1.29 is 39.6 Å². The lowest BCUT2D eigenvalue weighted by Gasteiger charge is -2.11. The number of alkyl halides is 6. The minimum absolute atomic E-state index is 0.0680. The summed E-state index contributed by atoms with van der Waals surface area (Å²) in [5.41, 5.74) is -2.07. The number of amides is 1. The number of rotatable bonds is 4. The van der Waals surface area contributed by atoms with Gasteiger partial charge in [0, 0.05) is 16.8 Å². The summed E-state index contributed by atoms with van der Waals surface area (Å²) in [4.78, 5) is 10.8. The molecule has 0 bridgehead atoms. The number of carbonyl (C=O) groups excluding carboxylic acids is 1. The molecule has 0 aliphatic heterocycles. The fourth-order valence-electron chi connectivity index (χ4n) is 2.76. The van der Waals surface area contributed by atoms with Gasteiger partial charge in [-0.3, -0.25) is 9.89 Å². The fraction of sp³-hybridized carbons (Fsp3) is 0.111. The van der Waals surface area contributed by atoms with Crippen molar-refractivity contribution in [1.82, 2.24) is 10.2 Å². The van der Waals surface area contributed by atoms with Crippen molar-refractivity contribution in [3.63, 3.8) is 0 Å². The Hall–Kier alpha value is -3.39. The van der Waals surface area contributed by atoms with E-state index >= 15 is 0 Å². The van der Waals surface area contributed by atoms with Crippen LogP contribution in [0.5, 0.6) is 0 Å². The first kappa shape index (κ1) is 23.3. The minimum Gasteiger partial charge on any atom is -0.318 e. The van der Waals surface area contributed by atoms with E-state index in [1.807, 2.05) is 5.10 Å². The molecule has 0 aliphatic rings. The molecule has 3 rings (SSSR count). The Labute approximate surface area is 176 Å². The number of nitrogens with one attached hydrogen (secondary N) is 2. The van der Waals surface area contributed by atoms with E-state index in [0.29, 0.717) is 0 Å². The van der Waals surface area contributed by atoms with Gasteiger partial charge in [0.15, 0.2) is 0 Å². The zero-order valence-electron chi connectivity index (χ0n) is 15.5. The van der Waals surface area contributed by atoms with Gasteiger partial charge in [0.1, 0.15) is 11.4 Å². The summed E-state index contributed by atoms with van der Waals surface area (Å²) >= 11 is 0. The first-order chi connectivity index (χ1) is 14.7. The Morgan fingerprint density at radius 3 is 1.91 bits per heavy atom.